The number of cyclic esters (lactones) is 1. The standard InChI is InChI=1S/C18H23N3O4/c1-12-9-15(12)17(23)19-6-5-16(22)20-11-13-3-2-4-14(10-13)21-7-8-25-18(21)24/h2-4,10,12,15H,5-9,11H2,1H3,(H,19,23)(H,20,22)/t12-,15-/m0/s1. The first kappa shape index (κ1) is 17.3. The Labute approximate surface area is 146 Å². The van der Waals surface area contributed by atoms with Crippen LogP contribution in [0.15, 0.2) is 24.3 Å². The second-order valence-electron chi connectivity index (χ2n) is 6.57. The summed E-state index contributed by atoms with van der Waals surface area (Å²) in [6.07, 6.45) is 0.853. The molecule has 0 bridgehead atoms. The van der Waals surface area contributed by atoms with Gasteiger partial charge in [0.2, 0.25) is 11.8 Å². The van der Waals surface area contributed by atoms with Gasteiger partial charge in [-0.1, -0.05) is 19.1 Å². The average molecular weight is 345 g/mol. The molecule has 1 aliphatic heterocycles. The monoisotopic (exact) mass is 345 g/mol. The Hall–Kier alpha value is -2.57. The number of ether oxygens (including phenoxy) is 1. The predicted molar refractivity (Wildman–Crippen MR) is 91.9 cm³/mol. The van der Waals surface area contributed by atoms with Gasteiger partial charge in [0.1, 0.15) is 6.61 Å². The molecule has 2 atom stereocenters. The van der Waals surface area contributed by atoms with Crippen LogP contribution in [0.1, 0.15) is 25.3 Å². The molecule has 2 fully saturated rings. The number of benzene rings is 1. The van der Waals surface area contributed by atoms with Gasteiger partial charge < -0.3 is 15.4 Å². The third-order valence-electron chi connectivity index (χ3n) is 4.57. The van der Waals surface area contributed by atoms with Crippen molar-refractivity contribution < 1.29 is 19.1 Å². The Morgan fingerprint density at radius 1 is 1.32 bits per heavy atom. The summed E-state index contributed by atoms with van der Waals surface area (Å²) in [5.41, 5.74) is 1.67. The minimum Gasteiger partial charge on any atom is -0.447 e. The van der Waals surface area contributed by atoms with Gasteiger partial charge in [-0.2, -0.15) is 0 Å². The van der Waals surface area contributed by atoms with Crippen molar-refractivity contribution in [3.8, 4) is 0 Å². The first-order chi connectivity index (χ1) is 12.0. The molecule has 7 heteroatoms. The van der Waals surface area contributed by atoms with Gasteiger partial charge >= 0.3 is 6.09 Å². The van der Waals surface area contributed by atoms with E-state index in [0.717, 1.165) is 17.7 Å². The number of amides is 3. The van der Waals surface area contributed by atoms with Crippen molar-refractivity contribution in [3.05, 3.63) is 29.8 Å². The molecular weight excluding hydrogens is 322 g/mol. The summed E-state index contributed by atoms with van der Waals surface area (Å²) in [5.74, 6) is 0.526. The molecule has 0 spiro atoms. The fourth-order valence-corrected chi connectivity index (χ4v) is 2.87. The van der Waals surface area contributed by atoms with Gasteiger partial charge in [0.05, 0.1) is 6.54 Å². The molecule has 0 unspecified atom stereocenters. The zero-order valence-electron chi connectivity index (χ0n) is 14.3. The van der Waals surface area contributed by atoms with Gasteiger partial charge in [0.25, 0.3) is 0 Å². The SMILES string of the molecule is C[C@H]1C[C@@H]1C(=O)NCCC(=O)NCc1cccc(N2CCOC2=O)c1. The van der Waals surface area contributed by atoms with Crippen molar-refractivity contribution >= 4 is 23.6 Å². The number of hydrogen-bond donors (Lipinski definition) is 2. The van der Waals surface area contributed by atoms with Crippen LogP contribution in [0.5, 0.6) is 0 Å². The van der Waals surface area contributed by atoms with E-state index in [-0.39, 0.29) is 30.2 Å². The second kappa shape index (κ2) is 7.55. The number of nitrogens with zero attached hydrogens (tertiary/aromatic N) is 1. The summed E-state index contributed by atoms with van der Waals surface area (Å²) in [6.45, 7) is 3.71. The second-order valence-corrected chi connectivity index (χ2v) is 6.57. The Bertz CT molecular complexity index is 676. The summed E-state index contributed by atoms with van der Waals surface area (Å²) < 4.78 is 4.93. The van der Waals surface area contributed by atoms with Crippen molar-refractivity contribution in [2.24, 2.45) is 11.8 Å². The Morgan fingerprint density at radius 2 is 2.12 bits per heavy atom. The van der Waals surface area contributed by atoms with Crippen LogP contribution >= 0.6 is 0 Å². The Kier molecular flexibility index (Phi) is 5.21. The average Bonchev–Trinajstić information content (AvgIpc) is 3.18. The van der Waals surface area contributed by atoms with Crippen LogP contribution in [0, 0.1) is 11.8 Å². The normalized spacial score (nSPS) is 21.6. The van der Waals surface area contributed by atoms with Gasteiger partial charge in [0.15, 0.2) is 0 Å². The molecule has 3 rings (SSSR count). The van der Waals surface area contributed by atoms with Crippen molar-refractivity contribution in [2.75, 3.05) is 24.6 Å². The summed E-state index contributed by atoms with van der Waals surface area (Å²) in [5, 5.41) is 5.63. The van der Waals surface area contributed by atoms with Crippen LogP contribution in [0.25, 0.3) is 0 Å². The molecule has 3 amide bonds. The van der Waals surface area contributed by atoms with Gasteiger partial charge in [-0.25, -0.2) is 4.79 Å². The molecule has 0 aromatic heterocycles. The van der Waals surface area contributed by atoms with E-state index in [1.165, 1.54) is 0 Å². The fraction of sp³-hybridized carbons (Fsp3) is 0.500. The maximum Gasteiger partial charge on any atom is 0.414 e. The molecule has 1 aromatic rings. The number of nitrogens with one attached hydrogen (secondary N) is 2. The Morgan fingerprint density at radius 3 is 2.80 bits per heavy atom. The van der Waals surface area contributed by atoms with Crippen molar-refractivity contribution in [1.82, 2.24) is 10.6 Å². The molecule has 134 valence electrons. The molecule has 7 nitrogen and oxygen atoms in total. The lowest BCUT2D eigenvalue weighted by Gasteiger charge is -2.14. The summed E-state index contributed by atoms with van der Waals surface area (Å²) >= 11 is 0. The molecule has 1 heterocycles. The van der Waals surface area contributed by atoms with Gasteiger partial charge in [-0.3, -0.25) is 14.5 Å². The van der Waals surface area contributed by atoms with E-state index in [0.29, 0.717) is 32.2 Å². The zero-order valence-corrected chi connectivity index (χ0v) is 14.3. The summed E-state index contributed by atoms with van der Waals surface area (Å²) in [7, 11) is 0. The third-order valence-corrected chi connectivity index (χ3v) is 4.57. The van der Waals surface area contributed by atoms with Gasteiger partial charge in [0, 0.05) is 31.1 Å². The predicted octanol–water partition coefficient (Wildman–Crippen LogP) is 1.42. The van der Waals surface area contributed by atoms with E-state index in [1.807, 2.05) is 31.2 Å². The quantitative estimate of drug-likeness (QED) is 0.782. The fourth-order valence-electron chi connectivity index (χ4n) is 2.87. The highest BCUT2D eigenvalue weighted by Gasteiger charge is 2.38. The highest BCUT2D eigenvalue weighted by atomic mass is 16.6. The summed E-state index contributed by atoms with van der Waals surface area (Å²) in [6, 6.07) is 7.44. The number of carbonyl (C=O) groups is 3. The zero-order chi connectivity index (χ0) is 17.8. The van der Waals surface area contributed by atoms with Crippen molar-refractivity contribution in [3.63, 3.8) is 0 Å². The van der Waals surface area contributed by atoms with Crippen LogP contribution in [-0.2, 0) is 20.9 Å². The van der Waals surface area contributed by atoms with E-state index in [9.17, 15) is 14.4 Å². The van der Waals surface area contributed by atoms with E-state index in [4.69, 9.17) is 4.74 Å². The molecule has 1 saturated carbocycles. The largest absolute Gasteiger partial charge is 0.447 e. The van der Waals surface area contributed by atoms with E-state index < -0.39 is 0 Å². The minimum absolute atomic E-state index is 0.0468. The highest BCUT2D eigenvalue weighted by Crippen LogP contribution is 2.37. The van der Waals surface area contributed by atoms with E-state index in [1.54, 1.807) is 4.90 Å². The number of hydrogen-bond acceptors (Lipinski definition) is 4. The lowest BCUT2D eigenvalue weighted by Crippen LogP contribution is -2.31. The van der Waals surface area contributed by atoms with E-state index >= 15 is 0 Å². The smallest absolute Gasteiger partial charge is 0.414 e. The number of rotatable bonds is 7. The Balaban J connectivity index is 1.41. The van der Waals surface area contributed by atoms with E-state index in [2.05, 4.69) is 10.6 Å². The molecule has 25 heavy (non-hydrogen) atoms. The third kappa shape index (κ3) is 4.49. The van der Waals surface area contributed by atoms with Crippen LogP contribution in [0.4, 0.5) is 10.5 Å². The molecular formula is C18H23N3O4. The first-order valence-corrected chi connectivity index (χ1v) is 8.62. The van der Waals surface area contributed by atoms with Crippen LogP contribution in [0.3, 0.4) is 0 Å². The van der Waals surface area contributed by atoms with Crippen LogP contribution in [0.2, 0.25) is 0 Å². The van der Waals surface area contributed by atoms with Gasteiger partial charge in [-0.05, 0) is 30.0 Å². The van der Waals surface area contributed by atoms with Crippen LogP contribution in [-0.4, -0.2) is 37.6 Å². The first-order valence-electron chi connectivity index (χ1n) is 8.62. The van der Waals surface area contributed by atoms with Crippen molar-refractivity contribution in [2.45, 2.75) is 26.3 Å². The maximum atomic E-state index is 11.9. The molecule has 1 aromatic carbocycles. The topological polar surface area (TPSA) is 87.7 Å². The lowest BCUT2D eigenvalue weighted by atomic mass is 10.2. The van der Waals surface area contributed by atoms with Crippen molar-refractivity contribution in [1.29, 1.82) is 0 Å². The number of carbonyl (C=O) groups excluding carboxylic acids is 3. The summed E-state index contributed by atoms with van der Waals surface area (Å²) in [4.78, 5) is 36.7. The van der Waals surface area contributed by atoms with Gasteiger partial charge in [-0.15, -0.1) is 0 Å². The maximum absolute atomic E-state index is 11.9. The molecule has 2 N–H and O–H groups in total. The lowest BCUT2D eigenvalue weighted by molar-refractivity contribution is -0.123. The molecule has 0 radical (unpaired) electrons. The molecule has 1 aliphatic carbocycles. The molecule has 1 saturated heterocycles. The minimum atomic E-state index is -0.345. The highest BCUT2D eigenvalue weighted by molar-refractivity contribution is 5.89. The number of anilines is 1. The molecule has 2 aliphatic rings. The van der Waals surface area contributed by atoms with Crippen LogP contribution < -0.4 is 15.5 Å².